The van der Waals surface area contributed by atoms with E-state index in [0.717, 1.165) is 37.8 Å². The molecule has 2 saturated heterocycles. The number of likely N-dealkylation sites (tertiary alicyclic amines) is 1. The van der Waals surface area contributed by atoms with Gasteiger partial charge in [-0.15, -0.1) is 0 Å². The minimum atomic E-state index is -2.90. The number of carbonyl (C=O) groups is 1. The second kappa shape index (κ2) is 10.4. The number of amides is 1. The number of piperidine rings is 1. The predicted molar refractivity (Wildman–Crippen MR) is 147 cm³/mol. The summed E-state index contributed by atoms with van der Waals surface area (Å²) >= 11 is 0. The third kappa shape index (κ3) is 5.64. The van der Waals surface area contributed by atoms with Crippen LogP contribution in [-0.4, -0.2) is 57.7 Å². The number of pyridine rings is 1. The van der Waals surface area contributed by atoms with Crippen molar-refractivity contribution >= 4 is 28.6 Å². The Hall–Kier alpha value is -3.63. The van der Waals surface area contributed by atoms with Crippen LogP contribution in [-0.2, 0) is 4.74 Å². The standard InChI is InChI=1S/C29H35F3N6O2/c1-17(19-7-6-8-20(24(19)30)25(31)32)34-26-21-13-23(33-14-22(21)35-18(2)36-26)37-11-9-29(10-12-37)15-38(16-29)27(39)40-28(3,4)5/h6-8,13-14,17,25H,9-12,15-16H2,1-5H3,(H,34,35,36)/t17-/m1/s1. The molecule has 2 aliphatic rings. The van der Waals surface area contributed by atoms with Crippen molar-refractivity contribution in [3.8, 4) is 0 Å². The molecule has 0 bridgehead atoms. The van der Waals surface area contributed by atoms with E-state index in [1.165, 1.54) is 12.1 Å². The highest BCUT2D eigenvalue weighted by Crippen LogP contribution is 2.42. The minimum Gasteiger partial charge on any atom is -0.444 e. The number of hydrogen-bond acceptors (Lipinski definition) is 7. The lowest BCUT2D eigenvalue weighted by Gasteiger charge is -2.53. The first-order chi connectivity index (χ1) is 18.8. The molecule has 8 nitrogen and oxygen atoms in total. The van der Waals surface area contributed by atoms with E-state index in [4.69, 9.17) is 4.74 Å². The Kier molecular flexibility index (Phi) is 7.26. The van der Waals surface area contributed by atoms with Gasteiger partial charge in [0.25, 0.3) is 6.43 Å². The Labute approximate surface area is 231 Å². The fourth-order valence-corrected chi connectivity index (χ4v) is 5.52. The molecule has 4 heterocycles. The molecular formula is C29H35F3N6O2. The monoisotopic (exact) mass is 556 g/mol. The fraction of sp³-hybridized carbons (Fsp3) is 0.517. The van der Waals surface area contributed by atoms with Crippen molar-refractivity contribution in [3.63, 3.8) is 0 Å². The highest BCUT2D eigenvalue weighted by molar-refractivity contribution is 5.90. The zero-order valence-electron chi connectivity index (χ0n) is 23.5. The number of aromatic nitrogens is 3. The number of aryl methyl sites for hydroxylation is 1. The molecule has 214 valence electrons. The summed E-state index contributed by atoms with van der Waals surface area (Å²) in [6.45, 7) is 12.0. The second-order valence-corrected chi connectivity index (χ2v) is 11.9. The normalized spacial score (nSPS) is 17.7. The van der Waals surface area contributed by atoms with Crippen LogP contribution in [0.25, 0.3) is 10.9 Å². The molecule has 1 spiro atoms. The summed E-state index contributed by atoms with van der Waals surface area (Å²) in [5.41, 5.74) is -0.261. The molecule has 0 radical (unpaired) electrons. The van der Waals surface area contributed by atoms with E-state index in [1.807, 2.05) is 26.8 Å². The number of fused-ring (bicyclic) bond motifs is 1. The maximum Gasteiger partial charge on any atom is 0.410 e. The van der Waals surface area contributed by atoms with Crippen molar-refractivity contribution in [3.05, 3.63) is 53.2 Å². The summed E-state index contributed by atoms with van der Waals surface area (Å²) in [5.74, 6) is 0.858. The van der Waals surface area contributed by atoms with Crippen molar-refractivity contribution in [1.82, 2.24) is 19.9 Å². The van der Waals surface area contributed by atoms with Gasteiger partial charge in [-0.05, 0) is 53.5 Å². The van der Waals surface area contributed by atoms with Gasteiger partial charge in [0, 0.05) is 42.5 Å². The first-order valence-electron chi connectivity index (χ1n) is 13.5. The Morgan fingerprint density at radius 2 is 1.80 bits per heavy atom. The van der Waals surface area contributed by atoms with Gasteiger partial charge in [-0.3, -0.25) is 0 Å². The molecule has 2 fully saturated rings. The topological polar surface area (TPSA) is 83.5 Å². The molecule has 1 aromatic carbocycles. The van der Waals surface area contributed by atoms with Crippen molar-refractivity contribution in [2.24, 2.45) is 5.41 Å². The maximum absolute atomic E-state index is 14.8. The van der Waals surface area contributed by atoms with E-state index < -0.39 is 29.4 Å². The van der Waals surface area contributed by atoms with E-state index in [9.17, 15) is 18.0 Å². The van der Waals surface area contributed by atoms with Crippen LogP contribution < -0.4 is 10.2 Å². The van der Waals surface area contributed by atoms with Crippen LogP contribution in [0.2, 0.25) is 0 Å². The lowest BCUT2D eigenvalue weighted by atomic mass is 9.72. The largest absolute Gasteiger partial charge is 0.444 e. The van der Waals surface area contributed by atoms with Crippen LogP contribution in [0.3, 0.4) is 0 Å². The SMILES string of the molecule is Cc1nc(N[C@H](C)c2cccc(C(F)F)c2F)c2cc(N3CCC4(CC3)CN(C(=O)OC(C)(C)C)C4)ncc2n1. The molecule has 2 aromatic heterocycles. The Morgan fingerprint density at radius 3 is 2.45 bits per heavy atom. The van der Waals surface area contributed by atoms with Crippen molar-refractivity contribution in [1.29, 1.82) is 0 Å². The molecule has 5 rings (SSSR count). The van der Waals surface area contributed by atoms with Gasteiger partial charge < -0.3 is 19.9 Å². The number of carbonyl (C=O) groups excluding carboxylic acids is 1. The van der Waals surface area contributed by atoms with Crippen LogP contribution in [0.4, 0.5) is 29.6 Å². The number of ether oxygens (including phenoxy) is 1. The Morgan fingerprint density at radius 1 is 1.12 bits per heavy atom. The van der Waals surface area contributed by atoms with Crippen LogP contribution in [0.1, 0.15) is 70.0 Å². The van der Waals surface area contributed by atoms with Crippen molar-refractivity contribution in [2.45, 2.75) is 65.5 Å². The quantitative estimate of drug-likeness (QED) is 0.388. The number of hydrogen-bond donors (Lipinski definition) is 1. The first kappa shape index (κ1) is 27.9. The molecule has 0 saturated carbocycles. The predicted octanol–water partition coefficient (Wildman–Crippen LogP) is 6.42. The smallest absolute Gasteiger partial charge is 0.410 e. The van der Waals surface area contributed by atoms with Gasteiger partial charge in [0.05, 0.1) is 23.3 Å². The summed E-state index contributed by atoms with van der Waals surface area (Å²) in [7, 11) is 0. The van der Waals surface area contributed by atoms with Crippen LogP contribution in [0.15, 0.2) is 30.5 Å². The van der Waals surface area contributed by atoms with E-state index in [-0.39, 0.29) is 17.1 Å². The van der Waals surface area contributed by atoms with Gasteiger partial charge in [-0.2, -0.15) is 0 Å². The van der Waals surface area contributed by atoms with Gasteiger partial charge >= 0.3 is 6.09 Å². The lowest BCUT2D eigenvalue weighted by Crippen LogP contribution is -2.62. The summed E-state index contributed by atoms with van der Waals surface area (Å²) < 4.78 is 46.8. The molecule has 1 atom stereocenters. The van der Waals surface area contributed by atoms with E-state index in [1.54, 1.807) is 24.9 Å². The Balaban J connectivity index is 1.31. The molecule has 0 aliphatic carbocycles. The molecule has 1 N–H and O–H groups in total. The number of halogens is 3. The maximum atomic E-state index is 14.8. The van der Waals surface area contributed by atoms with E-state index in [0.29, 0.717) is 35.6 Å². The summed E-state index contributed by atoms with van der Waals surface area (Å²) in [6.07, 6.45) is 0.399. The average Bonchev–Trinajstić information content (AvgIpc) is 2.86. The highest BCUT2D eigenvalue weighted by Gasteiger charge is 2.48. The van der Waals surface area contributed by atoms with Gasteiger partial charge in [-0.25, -0.2) is 32.9 Å². The number of alkyl halides is 2. The second-order valence-electron chi connectivity index (χ2n) is 11.9. The molecule has 2 aliphatic heterocycles. The van der Waals surface area contributed by atoms with Gasteiger partial charge in [0.15, 0.2) is 0 Å². The summed E-state index contributed by atoms with van der Waals surface area (Å²) in [6, 6.07) is 5.33. The third-order valence-corrected chi connectivity index (χ3v) is 7.65. The fourth-order valence-electron chi connectivity index (χ4n) is 5.52. The number of anilines is 2. The zero-order valence-corrected chi connectivity index (χ0v) is 23.5. The van der Waals surface area contributed by atoms with Crippen LogP contribution in [0, 0.1) is 18.2 Å². The average molecular weight is 557 g/mol. The zero-order chi connectivity index (χ0) is 28.8. The molecule has 40 heavy (non-hydrogen) atoms. The molecule has 3 aromatic rings. The minimum absolute atomic E-state index is 0.101. The Bertz CT molecular complexity index is 1410. The molecule has 11 heteroatoms. The molecular weight excluding hydrogens is 521 g/mol. The highest BCUT2D eigenvalue weighted by atomic mass is 19.3. The lowest BCUT2D eigenvalue weighted by molar-refractivity contribution is -0.0434. The number of nitrogens with zero attached hydrogens (tertiary/aromatic N) is 5. The van der Waals surface area contributed by atoms with E-state index in [2.05, 4.69) is 25.2 Å². The van der Waals surface area contributed by atoms with Crippen molar-refractivity contribution in [2.75, 3.05) is 36.4 Å². The van der Waals surface area contributed by atoms with Crippen molar-refractivity contribution < 1.29 is 22.7 Å². The summed E-state index contributed by atoms with van der Waals surface area (Å²) in [5, 5.41) is 3.93. The number of rotatable bonds is 5. The third-order valence-electron chi connectivity index (χ3n) is 7.65. The van der Waals surface area contributed by atoms with Gasteiger partial charge in [-0.1, -0.05) is 18.2 Å². The number of nitrogens with one attached hydrogen (secondary N) is 1. The van der Waals surface area contributed by atoms with Crippen LogP contribution in [0.5, 0.6) is 0 Å². The first-order valence-corrected chi connectivity index (χ1v) is 13.5. The number of benzene rings is 1. The summed E-state index contributed by atoms with van der Waals surface area (Å²) in [4.78, 5) is 30.1. The van der Waals surface area contributed by atoms with Gasteiger partial charge in [0.2, 0.25) is 0 Å². The van der Waals surface area contributed by atoms with E-state index >= 15 is 0 Å². The molecule has 0 unspecified atom stereocenters. The van der Waals surface area contributed by atoms with Crippen LogP contribution >= 0.6 is 0 Å². The van der Waals surface area contributed by atoms with Gasteiger partial charge in [0.1, 0.15) is 28.9 Å². The molecule has 1 amide bonds.